The van der Waals surface area contributed by atoms with Crippen molar-refractivity contribution in [1.82, 2.24) is 14.7 Å². The van der Waals surface area contributed by atoms with Crippen molar-refractivity contribution in [3.8, 4) is 0 Å². The molecule has 0 bridgehead atoms. The Morgan fingerprint density at radius 3 is 0.870 bits per heavy atom. The van der Waals surface area contributed by atoms with Crippen LogP contribution in [0.1, 0.15) is 437 Å². The summed E-state index contributed by atoms with van der Waals surface area (Å²) in [5.74, 6) is 28.2. The zero-order valence-corrected chi connectivity index (χ0v) is 70.8. The third kappa shape index (κ3) is 14.4. The van der Waals surface area contributed by atoms with Gasteiger partial charge in [-0.3, -0.25) is 14.7 Å². The molecule has 2 aliphatic heterocycles. The van der Waals surface area contributed by atoms with Gasteiger partial charge in [0.05, 0.1) is 0 Å². The number of rotatable bonds is 13. The second-order valence-corrected chi connectivity index (χ2v) is 47.1. The predicted octanol–water partition coefficient (Wildman–Crippen LogP) is 28.4. The fraction of sp³-hybridized carbons (Fsp3) is 1.00. The highest BCUT2D eigenvalue weighted by Crippen LogP contribution is 2.71. The smallest absolute Gasteiger partial charge is 0.156 e. The first kappa shape index (κ1) is 75.4. The highest BCUT2D eigenvalue weighted by molar-refractivity contribution is 6.65. The molecule has 21 fully saturated rings. The van der Waals surface area contributed by atoms with Gasteiger partial charge < -0.3 is 0 Å². The maximum atomic E-state index is 4.05. The van der Waals surface area contributed by atoms with Crippen LogP contribution in [0.5, 0.6) is 0 Å². The summed E-state index contributed by atoms with van der Waals surface area (Å²) in [4.78, 5) is 11.8. The Morgan fingerprint density at radius 2 is 0.463 bits per heavy atom. The molecule has 606 valence electrons. The summed E-state index contributed by atoms with van der Waals surface area (Å²) >= 11 is 0. The van der Waals surface area contributed by atoms with Crippen LogP contribution in [0.4, 0.5) is 0 Å². The van der Waals surface area contributed by atoms with Crippen molar-refractivity contribution >= 4 is 6.71 Å². The van der Waals surface area contributed by atoms with Crippen molar-refractivity contribution in [2.75, 3.05) is 0 Å². The van der Waals surface area contributed by atoms with Crippen LogP contribution in [-0.2, 0) is 0 Å². The minimum absolute atomic E-state index is 0.806. The first-order valence-electron chi connectivity index (χ1n) is 52.9. The molecule has 0 amide bonds. The molecular weight excluding hydrogens is 1300 g/mol. The molecular formula is C104H172BN3. The molecule has 0 aromatic rings. The van der Waals surface area contributed by atoms with Crippen LogP contribution in [0.25, 0.3) is 0 Å². The summed E-state index contributed by atoms with van der Waals surface area (Å²) < 4.78 is 0. The number of hydrogen-bond acceptors (Lipinski definition) is 3. The fourth-order valence-electron chi connectivity index (χ4n) is 39.8. The van der Waals surface area contributed by atoms with Gasteiger partial charge in [0.15, 0.2) is 6.71 Å². The molecule has 0 aromatic carbocycles. The molecule has 2 saturated heterocycles. The molecule has 3 nitrogen and oxygen atoms in total. The summed E-state index contributed by atoms with van der Waals surface area (Å²) in [6.45, 7) is 1.00. The highest BCUT2D eigenvalue weighted by atomic mass is 15.3. The van der Waals surface area contributed by atoms with Crippen LogP contribution >= 0.6 is 0 Å². The Kier molecular flexibility index (Phi) is 23.7. The summed E-state index contributed by atoms with van der Waals surface area (Å²) in [6.07, 6.45) is 109. The van der Waals surface area contributed by atoms with Crippen molar-refractivity contribution in [2.24, 2.45) is 142 Å². The maximum Gasteiger partial charge on any atom is 0.156 e. The average molecular weight is 1480 g/mol. The highest BCUT2D eigenvalue weighted by Gasteiger charge is 2.70. The van der Waals surface area contributed by atoms with Gasteiger partial charge in [-0.05, 0) is 314 Å². The Balaban J connectivity index is 0.731. The van der Waals surface area contributed by atoms with Crippen molar-refractivity contribution in [3.05, 3.63) is 0 Å². The SMILES string of the molecule is C1CCC(C2CCC(N(C3CCC(C4CCCCC4)CC3)C3CC4C5B(C6CC(C7CCCCC7)CCC6N4C4C(C6CCCCC6)CCCC4C4CCCCC4)C4CC(C6CCC7C8CCCC9CCCC(C%10CCCC6C%107)C98)CCC4N(C4C(C6CCCCC6)CCCC4C4CCCCC4)C5C3)CC2)CC1. The van der Waals surface area contributed by atoms with Gasteiger partial charge in [-0.25, -0.2) is 0 Å². The van der Waals surface area contributed by atoms with E-state index in [1.807, 2.05) is 0 Å². The molecule has 4 heteroatoms. The lowest BCUT2D eigenvalue weighted by molar-refractivity contribution is -0.159. The standard InChI is InChI=1S/C104H172BN3/c1-8-27-69(28-9-1)72-51-57-81(58-52-72)106(82-59-53-73(54-60-82)70-29-10-2-11-30-70)83-67-98-102-99(68-83)108(104-87(76-37-18-6-19-38-76)45-25-46-88(104)77-39-20-7-21-40-77)97-64-56-80(84-61-62-93-91-48-23-42-78-41-22-47-90(100(78)91)92-50-26-49-89(84)101(92)93)66-95(97)105(102)94-65-79(71-31-12-3-13-32-71)55-63-96(94)107(98)103-85(74-33-14-4-15-34-74)43-24-44-86(103)75-35-16-5-17-36-75/h69-104H,1-68H2. The quantitative estimate of drug-likeness (QED) is 0.170. The number of nitrogens with zero attached hydrogens (tertiary/aromatic N) is 3. The third-order valence-electron chi connectivity index (χ3n) is 43.4. The zero-order valence-electron chi connectivity index (χ0n) is 70.8. The van der Waals surface area contributed by atoms with Gasteiger partial charge in [0.25, 0.3) is 0 Å². The molecule has 108 heavy (non-hydrogen) atoms. The number of hydrogen-bond donors (Lipinski definition) is 0. The average Bonchev–Trinajstić information content (AvgIpc) is 0.692. The van der Waals surface area contributed by atoms with Gasteiger partial charge in [0.2, 0.25) is 0 Å². The van der Waals surface area contributed by atoms with E-state index in [1.54, 1.807) is 424 Å². The monoisotopic (exact) mass is 1470 g/mol. The molecule has 0 aromatic heterocycles. The first-order chi connectivity index (χ1) is 53.6. The normalized spacial score (nSPS) is 49.2. The van der Waals surface area contributed by atoms with E-state index in [2.05, 4.69) is 14.7 Å². The van der Waals surface area contributed by atoms with Crippen LogP contribution in [-0.4, -0.2) is 75.8 Å². The Hall–Kier alpha value is -0.0551. The lowest BCUT2D eigenvalue weighted by Crippen LogP contribution is -2.78. The molecule has 23 atom stereocenters. The van der Waals surface area contributed by atoms with Gasteiger partial charge in [-0.15, -0.1) is 0 Å². The van der Waals surface area contributed by atoms with E-state index in [1.165, 1.54) is 12.8 Å². The predicted molar refractivity (Wildman–Crippen MR) is 454 cm³/mol. The Labute approximate surface area is 667 Å². The van der Waals surface area contributed by atoms with Crippen molar-refractivity contribution in [3.63, 3.8) is 0 Å². The van der Waals surface area contributed by atoms with Crippen LogP contribution in [0.3, 0.4) is 0 Å². The van der Waals surface area contributed by atoms with Gasteiger partial charge in [0, 0.05) is 54.4 Å². The second-order valence-electron chi connectivity index (χ2n) is 47.1. The topological polar surface area (TPSA) is 9.72 Å². The summed E-state index contributed by atoms with van der Waals surface area (Å²) in [5, 5.41) is 0. The fourth-order valence-corrected chi connectivity index (χ4v) is 39.8. The van der Waals surface area contributed by atoms with Crippen molar-refractivity contribution in [2.45, 2.75) is 508 Å². The minimum Gasteiger partial charge on any atom is -0.295 e. The van der Waals surface area contributed by atoms with Crippen LogP contribution in [0.15, 0.2) is 0 Å². The van der Waals surface area contributed by atoms with Crippen molar-refractivity contribution < 1.29 is 0 Å². The first-order valence-corrected chi connectivity index (χ1v) is 52.9. The van der Waals surface area contributed by atoms with Gasteiger partial charge in [-0.1, -0.05) is 283 Å². The Morgan fingerprint density at radius 1 is 0.176 bits per heavy atom. The third-order valence-corrected chi connectivity index (χ3v) is 43.4. The summed E-state index contributed by atoms with van der Waals surface area (Å²) in [6, 6.07) is 7.72. The zero-order chi connectivity index (χ0) is 71.2. The lowest BCUT2D eigenvalue weighted by atomic mass is 9.17. The van der Waals surface area contributed by atoms with E-state index in [9.17, 15) is 0 Å². The van der Waals surface area contributed by atoms with E-state index in [0.717, 1.165) is 221 Å². The van der Waals surface area contributed by atoms with Gasteiger partial charge in [-0.2, -0.15) is 0 Å². The number of fused-ring (bicyclic) bond motifs is 6. The Bertz CT molecular complexity index is 2690. The van der Waals surface area contributed by atoms with E-state index < -0.39 is 0 Å². The van der Waals surface area contributed by atoms with Crippen LogP contribution < -0.4 is 0 Å². The summed E-state index contributed by atoms with van der Waals surface area (Å²) in [5.41, 5.74) is 0. The van der Waals surface area contributed by atoms with Gasteiger partial charge >= 0.3 is 0 Å². The molecule has 21 rings (SSSR count). The van der Waals surface area contributed by atoms with E-state index in [0.29, 0.717) is 0 Å². The second kappa shape index (κ2) is 34.0. The molecule has 2 heterocycles. The molecule has 21 aliphatic rings. The minimum atomic E-state index is 0.806. The largest absolute Gasteiger partial charge is 0.295 e. The molecule has 23 unspecified atom stereocenters. The van der Waals surface area contributed by atoms with Crippen molar-refractivity contribution in [1.29, 1.82) is 0 Å². The van der Waals surface area contributed by atoms with E-state index >= 15 is 0 Å². The molecule has 0 N–H and O–H groups in total. The molecule has 0 spiro atoms. The van der Waals surface area contributed by atoms with Crippen LogP contribution in [0.2, 0.25) is 17.5 Å². The lowest BCUT2D eigenvalue weighted by Gasteiger charge is -2.73. The molecule has 19 saturated carbocycles. The summed E-state index contributed by atoms with van der Waals surface area (Å²) in [7, 11) is 0. The molecule has 19 aliphatic carbocycles. The van der Waals surface area contributed by atoms with Gasteiger partial charge in [0.1, 0.15) is 0 Å². The van der Waals surface area contributed by atoms with E-state index in [4.69, 9.17) is 0 Å². The van der Waals surface area contributed by atoms with Crippen LogP contribution in [0, 0.1) is 142 Å². The van der Waals surface area contributed by atoms with E-state index in [-0.39, 0.29) is 0 Å². The molecule has 0 radical (unpaired) electrons. The maximum absolute atomic E-state index is 4.05.